The number of rotatable bonds is 5. The number of nitriles is 1. The first-order valence-corrected chi connectivity index (χ1v) is 6.83. The lowest BCUT2D eigenvalue weighted by atomic mass is 10.0. The van der Waals surface area contributed by atoms with Crippen LogP contribution < -0.4 is 5.32 Å². The number of hydrogen-bond donors (Lipinski definition) is 2. The number of nitrogens with zero attached hydrogens (tertiary/aromatic N) is 3. The number of hydrogen-bond acceptors (Lipinski definition) is 5. The molecule has 6 nitrogen and oxygen atoms in total. The van der Waals surface area contributed by atoms with Crippen LogP contribution in [0.2, 0.25) is 0 Å². The summed E-state index contributed by atoms with van der Waals surface area (Å²) in [4.78, 5) is 22.0. The average Bonchev–Trinajstić information content (AvgIpc) is 3.00. The van der Waals surface area contributed by atoms with Crippen molar-refractivity contribution in [3.8, 4) is 17.2 Å². The van der Waals surface area contributed by atoms with Gasteiger partial charge in [0.05, 0.1) is 17.0 Å². The van der Waals surface area contributed by atoms with Crippen LogP contribution in [0.3, 0.4) is 0 Å². The van der Waals surface area contributed by atoms with Gasteiger partial charge in [-0.15, -0.1) is 0 Å². The molecule has 2 aromatic heterocycles. The molecule has 0 unspecified atom stereocenters. The van der Waals surface area contributed by atoms with E-state index in [1.165, 1.54) is 6.33 Å². The highest BCUT2D eigenvalue weighted by Crippen LogP contribution is 2.32. The molecule has 0 saturated carbocycles. The van der Waals surface area contributed by atoms with E-state index in [4.69, 9.17) is 5.26 Å². The fourth-order valence-electron chi connectivity index (χ4n) is 2.33. The van der Waals surface area contributed by atoms with Gasteiger partial charge >= 0.3 is 0 Å². The maximum atomic E-state index is 10.5. The molecule has 3 aromatic rings. The molecule has 0 fully saturated rings. The van der Waals surface area contributed by atoms with Crippen molar-refractivity contribution in [2.45, 2.75) is 6.42 Å². The number of benzene rings is 1. The number of aromatic nitrogens is 3. The lowest BCUT2D eigenvalue weighted by Crippen LogP contribution is -2.04. The second-order valence-electron chi connectivity index (χ2n) is 4.72. The minimum Gasteiger partial charge on any atom is -0.369 e. The summed E-state index contributed by atoms with van der Waals surface area (Å²) in [5, 5.41) is 13.0. The van der Waals surface area contributed by atoms with Crippen LogP contribution in [-0.2, 0) is 4.79 Å². The van der Waals surface area contributed by atoms with Crippen LogP contribution in [0.1, 0.15) is 12.0 Å². The SMILES string of the molecule is N#Cc1cccc(-c2c[nH]c3ncnc(NCCC=O)c23)c1. The molecule has 108 valence electrons. The van der Waals surface area contributed by atoms with E-state index in [-0.39, 0.29) is 0 Å². The highest BCUT2D eigenvalue weighted by Gasteiger charge is 2.12. The molecule has 0 aliphatic carbocycles. The molecule has 0 spiro atoms. The fourth-order valence-corrected chi connectivity index (χ4v) is 2.33. The molecular formula is C16H13N5O. The first-order chi connectivity index (χ1) is 10.8. The molecule has 0 aliphatic rings. The van der Waals surface area contributed by atoms with Crippen molar-refractivity contribution in [1.82, 2.24) is 15.0 Å². The van der Waals surface area contributed by atoms with Gasteiger partial charge in [-0.25, -0.2) is 9.97 Å². The van der Waals surface area contributed by atoms with Crippen molar-refractivity contribution in [2.75, 3.05) is 11.9 Å². The summed E-state index contributed by atoms with van der Waals surface area (Å²) in [6.45, 7) is 0.512. The second-order valence-corrected chi connectivity index (χ2v) is 4.72. The van der Waals surface area contributed by atoms with E-state index in [9.17, 15) is 4.79 Å². The quantitative estimate of drug-likeness (QED) is 0.556. The van der Waals surface area contributed by atoms with E-state index in [0.717, 1.165) is 22.8 Å². The van der Waals surface area contributed by atoms with Crippen LogP contribution in [0.4, 0.5) is 5.82 Å². The van der Waals surface area contributed by atoms with E-state index in [2.05, 4.69) is 26.3 Å². The summed E-state index contributed by atoms with van der Waals surface area (Å²) in [6.07, 6.45) is 4.59. The van der Waals surface area contributed by atoms with Gasteiger partial charge in [-0.05, 0) is 17.7 Å². The van der Waals surface area contributed by atoms with Gasteiger partial charge in [-0.1, -0.05) is 12.1 Å². The van der Waals surface area contributed by atoms with Gasteiger partial charge in [0.15, 0.2) is 0 Å². The van der Waals surface area contributed by atoms with Gasteiger partial charge in [-0.2, -0.15) is 5.26 Å². The number of anilines is 1. The van der Waals surface area contributed by atoms with Gasteiger partial charge in [0.1, 0.15) is 24.1 Å². The van der Waals surface area contributed by atoms with Crippen LogP contribution in [-0.4, -0.2) is 27.8 Å². The van der Waals surface area contributed by atoms with E-state index in [1.54, 1.807) is 6.07 Å². The number of carbonyl (C=O) groups excluding carboxylic acids is 1. The number of fused-ring (bicyclic) bond motifs is 1. The van der Waals surface area contributed by atoms with Crippen molar-refractivity contribution < 1.29 is 4.79 Å². The second kappa shape index (κ2) is 6.06. The zero-order valence-corrected chi connectivity index (χ0v) is 11.7. The predicted octanol–water partition coefficient (Wildman–Crippen LogP) is 2.50. The Labute approximate surface area is 126 Å². The lowest BCUT2D eigenvalue weighted by Gasteiger charge is -2.07. The highest BCUT2D eigenvalue weighted by molar-refractivity contribution is 6.00. The summed E-state index contributed by atoms with van der Waals surface area (Å²) in [5.74, 6) is 0.672. The van der Waals surface area contributed by atoms with E-state index < -0.39 is 0 Å². The Morgan fingerprint density at radius 3 is 3.09 bits per heavy atom. The van der Waals surface area contributed by atoms with Crippen LogP contribution in [0.5, 0.6) is 0 Å². The number of carbonyl (C=O) groups is 1. The molecule has 22 heavy (non-hydrogen) atoms. The minimum absolute atomic E-state index is 0.412. The summed E-state index contributed by atoms with van der Waals surface area (Å²) < 4.78 is 0. The fraction of sp³-hybridized carbons (Fsp3) is 0.125. The zero-order chi connectivity index (χ0) is 15.4. The third-order valence-corrected chi connectivity index (χ3v) is 3.33. The van der Waals surface area contributed by atoms with Crippen LogP contribution in [0.15, 0.2) is 36.8 Å². The number of nitrogens with one attached hydrogen (secondary N) is 2. The standard InChI is InChI=1S/C16H13N5O/c17-8-11-3-1-4-12(7-11)13-9-19-16-14(13)15(20-10-21-16)18-5-2-6-22/h1,3-4,6-7,9-10H,2,5H2,(H2,18,19,20,21). The molecule has 1 aromatic carbocycles. The largest absolute Gasteiger partial charge is 0.369 e. The minimum atomic E-state index is 0.412. The first kappa shape index (κ1) is 13.8. The maximum Gasteiger partial charge on any atom is 0.143 e. The summed E-state index contributed by atoms with van der Waals surface area (Å²) in [5.41, 5.74) is 3.14. The molecule has 0 aliphatic heterocycles. The number of aldehydes is 1. The molecule has 0 saturated heterocycles. The van der Waals surface area contributed by atoms with Crippen molar-refractivity contribution in [1.29, 1.82) is 5.26 Å². The third-order valence-electron chi connectivity index (χ3n) is 3.33. The Morgan fingerprint density at radius 1 is 1.36 bits per heavy atom. The van der Waals surface area contributed by atoms with E-state index >= 15 is 0 Å². The Morgan fingerprint density at radius 2 is 2.27 bits per heavy atom. The molecule has 0 amide bonds. The average molecular weight is 291 g/mol. The molecule has 6 heteroatoms. The molecule has 0 atom stereocenters. The van der Waals surface area contributed by atoms with Crippen molar-refractivity contribution >= 4 is 23.1 Å². The summed E-state index contributed by atoms with van der Waals surface area (Å²) in [6, 6.07) is 9.50. The number of aromatic amines is 1. The monoisotopic (exact) mass is 291 g/mol. The molecule has 0 radical (unpaired) electrons. The van der Waals surface area contributed by atoms with Crippen LogP contribution >= 0.6 is 0 Å². The lowest BCUT2D eigenvalue weighted by molar-refractivity contribution is -0.107. The molecule has 2 heterocycles. The highest BCUT2D eigenvalue weighted by atomic mass is 16.1. The third kappa shape index (κ3) is 2.52. The normalized spacial score (nSPS) is 10.3. The molecule has 3 rings (SSSR count). The Balaban J connectivity index is 2.09. The zero-order valence-electron chi connectivity index (χ0n) is 11.7. The molecular weight excluding hydrogens is 278 g/mol. The smallest absolute Gasteiger partial charge is 0.143 e. The van der Waals surface area contributed by atoms with Gasteiger partial charge in [0.25, 0.3) is 0 Å². The van der Waals surface area contributed by atoms with Crippen LogP contribution in [0, 0.1) is 11.3 Å². The predicted molar refractivity (Wildman–Crippen MR) is 83.2 cm³/mol. The summed E-state index contributed by atoms with van der Waals surface area (Å²) >= 11 is 0. The maximum absolute atomic E-state index is 10.5. The van der Waals surface area contributed by atoms with Gasteiger partial charge in [-0.3, -0.25) is 0 Å². The summed E-state index contributed by atoms with van der Waals surface area (Å²) in [7, 11) is 0. The van der Waals surface area contributed by atoms with E-state index in [0.29, 0.717) is 30.0 Å². The first-order valence-electron chi connectivity index (χ1n) is 6.83. The number of H-pyrrole nitrogens is 1. The Kier molecular flexibility index (Phi) is 3.79. The van der Waals surface area contributed by atoms with Crippen molar-refractivity contribution in [3.05, 3.63) is 42.4 Å². The van der Waals surface area contributed by atoms with Gasteiger partial charge in [0, 0.05) is 24.7 Å². The Bertz CT molecular complexity index is 862. The van der Waals surface area contributed by atoms with E-state index in [1.807, 2.05) is 24.4 Å². The van der Waals surface area contributed by atoms with Gasteiger partial charge in [0.2, 0.25) is 0 Å². The van der Waals surface area contributed by atoms with Crippen molar-refractivity contribution in [3.63, 3.8) is 0 Å². The van der Waals surface area contributed by atoms with Crippen LogP contribution in [0.25, 0.3) is 22.2 Å². The van der Waals surface area contributed by atoms with Crippen molar-refractivity contribution in [2.24, 2.45) is 0 Å². The molecule has 2 N–H and O–H groups in total. The topological polar surface area (TPSA) is 94.5 Å². The molecule has 0 bridgehead atoms. The van der Waals surface area contributed by atoms with Gasteiger partial charge < -0.3 is 15.1 Å². The Hall–Kier alpha value is -3.20.